The number of hydrogen-bond donors (Lipinski definition) is 4. The van der Waals surface area contributed by atoms with Crippen LogP contribution in [0.3, 0.4) is 0 Å². The molecule has 0 aromatic carbocycles. The molecule has 0 heterocycles. The van der Waals surface area contributed by atoms with E-state index in [0.29, 0.717) is 0 Å². The summed E-state index contributed by atoms with van der Waals surface area (Å²) in [4.78, 5) is 0. The van der Waals surface area contributed by atoms with E-state index in [1.165, 1.54) is 13.8 Å². The van der Waals surface area contributed by atoms with Crippen molar-refractivity contribution in [2.24, 2.45) is 5.41 Å². The molecule has 4 N–H and O–H groups in total. The normalized spacial score (nSPS) is 13.8. The molecular formula is C6H14O4. The van der Waals surface area contributed by atoms with Crippen molar-refractivity contribution >= 4 is 0 Å². The molecular weight excluding hydrogens is 136 g/mol. The molecule has 0 fully saturated rings. The Labute approximate surface area is 59.7 Å². The molecule has 0 rings (SSSR count). The van der Waals surface area contributed by atoms with E-state index in [0.717, 1.165) is 0 Å². The summed E-state index contributed by atoms with van der Waals surface area (Å²) in [7, 11) is 0. The molecule has 62 valence electrons. The van der Waals surface area contributed by atoms with Gasteiger partial charge in [0.25, 0.3) is 0 Å². The van der Waals surface area contributed by atoms with Gasteiger partial charge < -0.3 is 20.4 Å². The molecule has 0 bridgehead atoms. The Morgan fingerprint density at radius 2 is 1.40 bits per heavy atom. The fourth-order valence-electron chi connectivity index (χ4n) is 0.341. The van der Waals surface area contributed by atoms with Crippen molar-refractivity contribution in [3.05, 3.63) is 0 Å². The quantitative estimate of drug-likeness (QED) is 0.376. The molecule has 0 aliphatic rings. The zero-order valence-electron chi connectivity index (χ0n) is 6.20. The molecule has 0 aromatic rings. The van der Waals surface area contributed by atoms with Crippen molar-refractivity contribution in [1.82, 2.24) is 0 Å². The molecule has 0 amide bonds. The second-order valence-electron chi connectivity index (χ2n) is 3.02. The first-order valence-electron chi connectivity index (χ1n) is 3.04. The van der Waals surface area contributed by atoms with Crippen LogP contribution in [0.25, 0.3) is 0 Å². The van der Waals surface area contributed by atoms with Crippen LogP contribution in [0.1, 0.15) is 13.8 Å². The van der Waals surface area contributed by atoms with E-state index in [2.05, 4.69) is 0 Å². The van der Waals surface area contributed by atoms with E-state index in [9.17, 15) is 0 Å². The molecule has 0 aliphatic carbocycles. The Kier molecular flexibility index (Phi) is 2.79. The van der Waals surface area contributed by atoms with Gasteiger partial charge >= 0.3 is 0 Å². The van der Waals surface area contributed by atoms with Crippen LogP contribution in [-0.4, -0.2) is 39.4 Å². The fourth-order valence-corrected chi connectivity index (χ4v) is 0.341. The molecule has 0 spiro atoms. The van der Waals surface area contributed by atoms with Gasteiger partial charge in [0.05, 0.1) is 13.2 Å². The monoisotopic (exact) mass is 150 g/mol. The van der Waals surface area contributed by atoms with Gasteiger partial charge in [-0.15, -0.1) is 0 Å². The number of hydrogen-bond acceptors (Lipinski definition) is 4. The van der Waals surface area contributed by atoms with Crippen molar-refractivity contribution in [3.8, 4) is 0 Å². The average molecular weight is 150 g/mol. The smallest absolute Gasteiger partial charge is 0.193 e. The maximum atomic E-state index is 9.00. The van der Waals surface area contributed by atoms with Gasteiger partial charge in [0, 0.05) is 5.41 Å². The fraction of sp³-hybridized carbons (Fsp3) is 1.00. The predicted octanol–water partition coefficient (Wildman–Crippen LogP) is -1.32. The Morgan fingerprint density at radius 3 is 1.50 bits per heavy atom. The van der Waals surface area contributed by atoms with Crippen molar-refractivity contribution < 1.29 is 20.4 Å². The lowest BCUT2D eigenvalue weighted by atomic mass is 9.85. The highest BCUT2D eigenvalue weighted by atomic mass is 16.5. The Bertz CT molecular complexity index is 94.3. The molecule has 0 radical (unpaired) electrons. The number of aliphatic hydroxyl groups is 4. The van der Waals surface area contributed by atoms with Crippen LogP contribution < -0.4 is 0 Å². The first kappa shape index (κ1) is 9.84. The largest absolute Gasteiger partial charge is 0.396 e. The molecule has 0 saturated heterocycles. The maximum absolute atomic E-state index is 9.00. The minimum absolute atomic E-state index is 0.388. The highest BCUT2D eigenvalue weighted by Crippen LogP contribution is 2.27. The van der Waals surface area contributed by atoms with E-state index >= 15 is 0 Å². The second-order valence-corrected chi connectivity index (χ2v) is 3.02. The number of rotatable bonds is 3. The van der Waals surface area contributed by atoms with E-state index in [-0.39, 0.29) is 6.61 Å². The lowest BCUT2D eigenvalue weighted by molar-refractivity contribution is -0.260. The third kappa shape index (κ3) is 1.67. The molecule has 0 saturated carbocycles. The molecule has 0 aromatic heterocycles. The molecule has 0 aliphatic heterocycles. The Balaban J connectivity index is 4.28. The Hall–Kier alpha value is -0.160. The zero-order chi connectivity index (χ0) is 8.41. The maximum Gasteiger partial charge on any atom is 0.193 e. The van der Waals surface area contributed by atoms with Crippen LogP contribution in [-0.2, 0) is 0 Å². The standard InChI is InChI=1S/C6H14O4/c1-5(2,3-7)6(9,10)4-8/h7-10H,3-4H2,1-2H3. The van der Waals surface area contributed by atoms with Gasteiger partial charge in [-0.1, -0.05) is 13.8 Å². The van der Waals surface area contributed by atoms with Crippen molar-refractivity contribution in [2.45, 2.75) is 19.6 Å². The summed E-state index contributed by atoms with van der Waals surface area (Å²) in [6.07, 6.45) is 0. The van der Waals surface area contributed by atoms with Gasteiger partial charge in [-0.3, -0.25) is 0 Å². The van der Waals surface area contributed by atoms with Gasteiger partial charge in [-0.05, 0) is 0 Å². The van der Waals surface area contributed by atoms with Gasteiger partial charge in [-0.25, -0.2) is 0 Å². The lowest BCUT2D eigenvalue weighted by Gasteiger charge is -2.34. The van der Waals surface area contributed by atoms with Gasteiger partial charge in [0.15, 0.2) is 5.79 Å². The van der Waals surface area contributed by atoms with Crippen LogP contribution in [0.15, 0.2) is 0 Å². The van der Waals surface area contributed by atoms with Crippen molar-refractivity contribution in [2.75, 3.05) is 13.2 Å². The highest BCUT2D eigenvalue weighted by molar-refractivity contribution is 4.82. The minimum Gasteiger partial charge on any atom is -0.396 e. The molecule has 0 unspecified atom stereocenters. The first-order chi connectivity index (χ1) is 4.37. The summed E-state index contributed by atoms with van der Waals surface area (Å²) in [6.45, 7) is 1.73. The van der Waals surface area contributed by atoms with Crippen LogP contribution in [0.2, 0.25) is 0 Å². The lowest BCUT2D eigenvalue weighted by Crippen LogP contribution is -2.49. The van der Waals surface area contributed by atoms with Gasteiger partial charge in [0.1, 0.15) is 0 Å². The van der Waals surface area contributed by atoms with Gasteiger partial charge in [0.2, 0.25) is 0 Å². The minimum atomic E-state index is -2.21. The van der Waals surface area contributed by atoms with E-state index in [1.807, 2.05) is 0 Å². The molecule has 4 nitrogen and oxygen atoms in total. The van der Waals surface area contributed by atoms with Crippen molar-refractivity contribution in [3.63, 3.8) is 0 Å². The topological polar surface area (TPSA) is 80.9 Å². The third-order valence-corrected chi connectivity index (χ3v) is 1.70. The third-order valence-electron chi connectivity index (χ3n) is 1.70. The number of aliphatic hydroxyl groups excluding tert-OH is 2. The average Bonchev–Trinajstić information content (AvgIpc) is 1.88. The van der Waals surface area contributed by atoms with Crippen LogP contribution in [0, 0.1) is 5.41 Å². The summed E-state index contributed by atoms with van der Waals surface area (Å²) in [5.41, 5.74) is -1.10. The summed E-state index contributed by atoms with van der Waals surface area (Å²) < 4.78 is 0. The van der Waals surface area contributed by atoms with E-state index in [1.54, 1.807) is 0 Å². The summed E-state index contributed by atoms with van der Waals surface area (Å²) in [6, 6.07) is 0. The zero-order valence-corrected chi connectivity index (χ0v) is 6.20. The molecule has 4 heteroatoms. The summed E-state index contributed by atoms with van der Waals surface area (Å²) >= 11 is 0. The predicted molar refractivity (Wildman–Crippen MR) is 35.1 cm³/mol. The molecule has 0 atom stereocenters. The SMILES string of the molecule is CC(C)(CO)C(O)(O)CO. The summed E-state index contributed by atoms with van der Waals surface area (Å²) in [5.74, 6) is -2.21. The van der Waals surface area contributed by atoms with E-state index in [4.69, 9.17) is 20.4 Å². The molecule has 10 heavy (non-hydrogen) atoms. The van der Waals surface area contributed by atoms with Crippen LogP contribution >= 0.6 is 0 Å². The van der Waals surface area contributed by atoms with Crippen molar-refractivity contribution in [1.29, 1.82) is 0 Å². The summed E-state index contributed by atoms with van der Waals surface area (Å²) in [5, 5.41) is 35.1. The second kappa shape index (κ2) is 2.84. The van der Waals surface area contributed by atoms with Crippen LogP contribution in [0.5, 0.6) is 0 Å². The first-order valence-corrected chi connectivity index (χ1v) is 3.04. The van der Waals surface area contributed by atoms with Gasteiger partial charge in [-0.2, -0.15) is 0 Å². The van der Waals surface area contributed by atoms with E-state index < -0.39 is 17.8 Å². The highest BCUT2D eigenvalue weighted by Gasteiger charge is 2.40. The Morgan fingerprint density at radius 1 is 1.00 bits per heavy atom. The van der Waals surface area contributed by atoms with Crippen LogP contribution in [0.4, 0.5) is 0 Å².